The first-order valence-electron chi connectivity index (χ1n) is 6.07. The van der Waals surface area contributed by atoms with Gasteiger partial charge in [-0.1, -0.05) is 30.4 Å². The minimum absolute atomic E-state index is 0.00144. The van der Waals surface area contributed by atoms with Gasteiger partial charge in [0.1, 0.15) is 5.01 Å². The molecule has 0 fully saturated rings. The van der Waals surface area contributed by atoms with Gasteiger partial charge in [0.2, 0.25) is 5.13 Å². The molecule has 8 heteroatoms. The number of aromatic nitrogens is 5. The zero-order valence-corrected chi connectivity index (χ0v) is 11.8. The maximum atomic E-state index is 11.3. The van der Waals surface area contributed by atoms with E-state index in [1.54, 1.807) is 0 Å². The van der Waals surface area contributed by atoms with E-state index in [1.165, 1.54) is 16.0 Å². The molecule has 0 aliphatic heterocycles. The highest BCUT2D eigenvalue weighted by molar-refractivity contribution is 7.13. The summed E-state index contributed by atoms with van der Waals surface area (Å²) in [7, 11) is 0. The molecule has 0 saturated heterocycles. The van der Waals surface area contributed by atoms with Gasteiger partial charge in [0.15, 0.2) is 5.69 Å². The Kier molecular flexibility index (Phi) is 3.89. The van der Waals surface area contributed by atoms with Crippen molar-refractivity contribution in [1.82, 2.24) is 25.2 Å². The molecule has 2 aromatic heterocycles. The van der Waals surface area contributed by atoms with Crippen LogP contribution in [0, 0.1) is 6.92 Å². The van der Waals surface area contributed by atoms with Crippen LogP contribution in [0.4, 0.5) is 0 Å². The number of rotatable bonds is 5. The number of carboxylic acid groups (broad SMARTS) is 1. The summed E-state index contributed by atoms with van der Waals surface area (Å²) in [6.07, 6.45) is 1.64. The third kappa shape index (κ3) is 2.48. The zero-order valence-electron chi connectivity index (χ0n) is 11.0. The van der Waals surface area contributed by atoms with Gasteiger partial charge in [-0.2, -0.15) is 4.68 Å². The van der Waals surface area contributed by atoms with E-state index in [2.05, 4.69) is 20.5 Å². The van der Waals surface area contributed by atoms with Crippen LogP contribution in [0.15, 0.2) is 0 Å². The topological polar surface area (TPSA) is 93.8 Å². The first kappa shape index (κ1) is 13.6. The normalized spacial score (nSPS) is 11.2. The van der Waals surface area contributed by atoms with E-state index in [1.807, 2.05) is 20.8 Å². The van der Waals surface area contributed by atoms with Crippen molar-refractivity contribution in [2.45, 2.75) is 39.5 Å². The molecule has 0 unspecified atom stereocenters. The second kappa shape index (κ2) is 5.43. The Bertz CT molecular complexity index is 588. The summed E-state index contributed by atoms with van der Waals surface area (Å²) in [5, 5.41) is 26.2. The average Bonchev–Trinajstić information content (AvgIpc) is 2.97. The van der Waals surface area contributed by atoms with Crippen molar-refractivity contribution in [3.8, 4) is 5.13 Å². The number of hydrogen-bond donors (Lipinski definition) is 1. The van der Waals surface area contributed by atoms with E-state index >= 15 is 0 Å². The number of carbonyl (C=O) groups is 1. The van der Waals surface area contributed by atoms with Gasteiger partial charge in [-0.3, -0.25) is 0 Å². The minimum Gasteiger partial charge on any atom is -0.476 e. The molecule has 0 spiro atoms. The first-order valence-corrected chi connectivity index (χ1v) is 6.89. The van der Waals surface area contributed by atoms with Gasteiger partial charge in [0.25, 0.3) is 0 Å². The SMILES string of the molecule is CCC(CC)c1c(C(=O)O)nnn1-c1nnc(C)s1. The van der Waals surface area contributed by atoms with E-state index in [9.17, 15) is 9.90 Å². The summed E-state index contributed by atoms with van der Waals surface area (Å²) in [5.74, 6) is -0.973. The molecule has 0 saturated carbocycles. The largest absolute Gasteiger partial charge is 0.476 e. The van der Waals surface area contributed by atoms with Crippen molar-refractivity contribution in [2.24, 2.45) is 0 Å². The number of carboxylic acids is 1. The smallest absolute Gasteiger partial charge is 0.358 e. The van der Waals surface area contributed by atoms with E-state index in [-0.39, 0.29) is 11.6 Å². The lowest BCUT2D eigenvalue weighted by atomic mass is 9.97. The van der Waals surface area contributed by atoms with Gasteiger partial charge in [-0.25, -0.2) is 4.79 Å². The summed E-state index contributed by atoms with van der Waals surface area (Å²) in [6.45, 7) is 5.87. The molecule has 0 aliphatic carbocycles. The molecular formula is C11H15N5O2S. The van der Waals surface area contributed by atoms with Gasteiger partial charge >= 0.3 is 5.97 Å². The Morgan fingerprint density at radius 2 is 2.00 bits per heavy atom. The lowest BCUT2D eigenvalue weighted by Crippen LogP contribution is -2.11. The zero-order chi connectivity index (χ0) is 14.0. The van der Waals surface area contributed by atoms with Crippen LogP contribution < -0.4 is 0 Å². The minimum atomic E-state index is -1.06. The van der Waals surface area contributed by atoms with Crippen LogP contribution in [0.1, 0.15) is 53.8 Å². The third-order valence-corrected chi connectivity index (χ3v) is 3.79. The molecule has 0 atom stereocenters. The first-order chi connectivity index (χ1) is 9.08. The van der Waals surface area contributed by atoms with Gasteiger partial charge < -0.3 is 5.11 Å². The third-order valence-electron chi connectivity index (χ3n) is 2.98. The van der Waals surface area contributed by atoms with E-state index in [0.717, 1.165) is 17.8 Å². The fraction of sp³-hybridized carbons (Fsp3) is 0.545. The summed E-state index contributed by atoms with van der Waals surface area (Å²) in [6, 6.07) is 0. The molecule has 0 bridgehead atoms. The van der Waals surface area contributed by atoms with E-state index in [0.29, 0.717) is 10.8 Å². The standard InChI is InChI=1S/C11H15N5O2S/c1-4-7(5-2)9-8(10(17)18)13-15-16(9)11-14-12-6(3)19-11/h7H,4-5H2,1-3H3,(H,17,18). The number of nitrogens with zero attached hydrogens (tertiary/aromatic N) is 5. The Labute approximate surface area is 114 Å². The molecular weight excluding hydrogens is 266 g/mol. The van der Waals surface area contributed by atoms with Crippen LogP contribution in [0.5, 0.6) is 0 Å². The van der Waals surface area contributed by atoms with Crippen LogP contribution >= 0.6 is 11.3 Å². The van der Waals surface area contributed by atoms with E-state index < -0.39 is 5.97 Å². The van der Waals surface area contributed by atoms with Crippen LogP contribution in [-0.2, 0) is 0 Å². The predicted molar refractivity (Wildman–Crippen MR) is 69.8 cm³/mol. The number of aromatic carboxylic acids is 1. The molecule has 0 radical (unpaired) electrons. The second-order valence-corrected chi connectivity index (χ2v) is 5.32. The van der Waals surface area contributed by atoms with Crippen molar-refractivity contribution in [3.05, 3.63) is 16.4 Å². The highest BCUT2D eigenvalue weighted by atomic mass is 32.1. The average molecular weight is 281 g/mol. The Hall–Kier alpha value is -1.83. The van der Waals surface area contributed by atoms with Crippen molar-refractivity contribution in [1.29, 1.82) is 0 Å². The van der Waals surface area contributed by atoms with Gasteiger partial charge in [0.05, 0.1) is 5.69 Å². The fourth-order valence-corrected chi connectivity index (χ4v) is 2.65. The lowest BCUT2D eigenvalue weighted by Gasteiger charge is -2.13. The van der Waals surface area contributed by atoms with Gasteiger partial charge in [-0.15, -0.1) is 15.3 Å². The van der Waals surface area contributed by atoms with Crippen molar-refractivity contribution >= 4 is 17.3 Å². The van der Waals surface area contributed by atoms with Crippen LogP contribution in [0.2, 0.25) is 0 Å². The molecule has 0 aromatic carbocycles. The van der Waals surface area contributed by atoms with E-state index in [4.69, 9.17) is 0 Å². The molecule has 2 heterocycles. The summed E-state index contributed by atoms with van der Waals surface area (Å²) >= 11 is 1.36. The van der Waals surface area contributed by atoms with Gasteiger partial charge in [-0.05, 0) is 19.8 Å². The Morgan fingerprint density at radius 1 is 1.32 bits per heavy atom. The predicted octanol–water partition coefficient (Wildman–Crippen LogP) is 2.03. The van der Waals surface area contributed by atoms with Crippen molar-refractivity contribution in [2.75, 3.05) is 0 Å². The number of aryl methyl sites for hydroxylation is 1. The molecule has 2 aromatic rings. The van der Waals surface area contributed by atoms with Gasteiger partial charge in [0, 0.05) is 5.92 Å². The van der Waals surface area contributed by atoms with Crippen LogP contribution in [-0.4, -0.2) is 36.3 Å². The Morgan fingerprint density at radius 3 is 2.47 bits per heavy atom. The Balaban J connectivity index is 2.58. The van der Waals surface area contributed by atoms with Crippen LogP contribution in [0.3, 0.4) is 0 Å². The molecule has 19 heavy (non-hydrogen) atoms. The van der Waals surface area contributed by atoms with Crippen molar-refractivity contribution < 1.29 is 9.90 Å². The highest BCUT2D eigenvalue weighted by Gasteiger charge is 2.26. The highest BCUT2D eigenvalue weighted by Crippen LogP contribution is 2.28. The molecule has 1 N–H and O–H groups in total. The summed E-state index contributed by atoms with van der Waals surface area (Å²) in [4.78, 5) is 11.3. The number of hydrogen-bond acceptors (Lipinski definition) is 6. The van der Waals surface area contributed by atoms with Crippen molar-refractivity contribution in [3.63, 3.8) is 0 Å². The van der Waals surface area contributed by atoms with Crippen LogP contribution in [0.25, 0.3) is 5.13 Å². The maximum absolute atomic E-state index is 11.3. The lowest BCUT2D eigenvalue weighted by molar-refractivity contribution is 0.0688. The fourth-order valence-electron chi connectivity index (χ4n) is 2.00. The molecule has 102 valence electrons. The molecule has 2 rings (SSSR count). The molecule has 0 amide bonds. The maximum Gasteiger partial charge on any atom is 0.358 e. The summed E-state index contributed by atoms with van der Waals surface area (Å²) in [5.41, 5.74) is 0.607. The monoisotopic (exact) mass is 281 g/mol. The summed E-state index contributed by atoms with van der Waals surface area (Å²) < 4.78 is 1.51. The molecule has 0 aliphatic rings. The quantitative estimate of drug-likeness (QED) is 0.901. The molecule has 7 nitrogen and oxygen atoms in total. The second-order valence-electron chi connectivity index (χ2n) is 4.16.